The number of rotatable bonds is 3. The topological polar surface area (TPSA) is 102 Å². The third-order valence-corrected chi connectivity index (χ3v) is 4.26. The van der Waals surface area contributed by atoms with E-state index < -0.39 is 0 Å². The van der Waals surface area contributed by atoms with Crippen LogP contribution >= 0.6 is 0 Å². The molecule has 0 amide bonds. The van der Waals surface area contributed by atoms with Crippen LogP contribution in [-0.2, 0) is 19.5 Å². The van der Waals surface area contributed by atoms with Gasteiger partial charge in [-0.25, -0.2) is 15.0 Å². The summed E-state index contributed by atoms with van der Waals surface area (Å²) in [5.41, 5.74) is 3.13. The van der Waals surface area contributed by atoms with E-state index in [-0.39, 0.29) is 5.56 Å². The maximum atomic E-state index is 12.5. The predicted octanol–water partition coefficient (Wildman–Crippen LogP) is 0.419. The molecular formula is C17H16N6O2. The van der Waals surface area contributed by atoms with E-state index in [1.54, 1.807) is 24.5 Å². The third-order valence-electron chi connectivity index (χ3n) is 4.26. The van der Waals surface area contributed by atoms with Gasteiger partial charge in [-0.2, -0.15) is 4.73 Å². The zero-order valence-electron chi connectivity index (χ0n) is 13.4. The molecule has 4 rings (SSSR count). The molecular weight excluding hydrogens is 320 g/mol. The number of aromatic nitrogens is 5. The molecule has 0 bridgehead atoms. The highest BCUT2D eigenvalue weighted by atomic mass is 16.5. The van der Waals surface area contributed by atoms with Gasteiger partial charge >= 0.3 is 0 Å². The Morgan fingerprint density at radius 1 is 1.24 bits per heavy atom. The van der Waals surface area contributed by atoms with Crippen LogP contribution in [0.4, 0.5) is 0 Å². The van der Waals surface area contributed by atoms with Crippen LogP contribution in [0.15, 0.2) is 48.0 Å². The smallest absolute Gasteiger partial charge is 0.255 e. The number of nitrogens with zero attached hydrogens (tertiary/aromatic N) is 5. The molecule has 0 aliphatic carbocycles. The number of pyridine rings is 1. The van der Waals surface area contributed by atoms with Crippen LogP contribution in [-0.4, -0.2) is 31.4 Å². The maximum absolute atomic E-state index is 12.5. The van der Waals surface area contributed by atoms with Gasteiger partial charge in [-0.1, -0.05) is 0 Å². The zero-order valence-corrected chi connectivity index (χ0v) is 13.4. The van der Waals surface area contributed by atoms with E-state index in [1.165, 1.54) is 18.7 Å². The average Bonchev–Trinajstić information content (AvgIpc) is 2.65. The fraction of sp³-hybridized carbons (Fsp3) is 0.235. The van der Waals surface area contributed by atoms with Gasteiger partial charge in [0.05, 0.1) is 16.8 Å². The molecule has 0 saturated heterocycles. The summed E-state index contributed by atoms with van der Waals surface area (Å²) in [6.45, 7) is 2.03. The maximum Gasteiger partial charge on any atom is 0.255 e. The van der Waals surface area contributed by atoms with Crippen LogP contribution < -0.4 is 10.3 Å². The largest absolute Gasteiger partial charge is 0.619 e. The van der Waals surface area contributed by atoms with Crippen molar-refractivity contribution < 1.29 is 4.73 Å². The fourth-order valence-electron chi connectivity index (χ4n) is 2.98. The van der Waals surface area contributed by atoms with Crippen molar-refractivity contribution in [2.75, 3.05) is 6.54 Å². The second kappa shape index (κ2) is 6.40. The molecule has 8 nitrogen and oxygen atoms in total. The van der Waals surface area contributed by atoms with E-state index in [4.69, 9.17) is 0 Å². The Morgan fingerprint density at radius 2 is 2.00 bits per heavy atom. The fourth-order valence-corrected chi connectivity index (χ4v) is 2.98. The van der Waals surface area contributed by atoms with Gasteiger partial charge in [-0.05, 0) is 5.56 Å². The van der Waals surface area contributed by atoms with E-state index in [2.05, 4.69) is 24.8 Å². The number of aromatic amines is 1. The standard InChI is InChI=1S/C17H16N6O2/c24-17-14-10-22(9-12-1-5-23(25)6-2-12)4-3-15(14)20-16(21-17)13-7-18-11-19-8-13/h1-2,5-8,11H,3-4,9-10H2,(H,20,21,24). The molecule has 3 aromatic rings. The molecule has 126 valence electrons. The summed E-state index contributed by atoms with van der Waals surface area (Å²) in [4.78, 5) is 30.0. The third kappa shape index (κ3) is 3.24. The molecule has 8 heteroatoms. The molecule has 4 heterocycles. The van der Waals surface area contributed by atoms with E-state index in [1.807, 2.05) is 0 Å². The van der Waals surface area contributed by atoms with Gasteiger partial charge in [0.2, 0.25) is 0 Å². The minimum Gasteiger partial charge on any atom is -0.619 e. The molecule has 0 unspecified atom stereocenters. The quantitative estimate of drug-likeness (QED) is 0.549. The number of hydrogen-bond donors (Lipinski definition) is 1. The van der Waals surface area contributed by atoms with Gasteiger partial charge in [-0.3, -0.25) is 9.69 Å². The lowest BCUT2D eigenvalue weighted by Crippen LogP contribution is -2.35. The Balaban J connectivity index is 1.57. The molecule has 0 saturated carbocycles. The van der Waals surface area contributed by atoms with Gasteiger partial charge in [0.15, 0.2) is 12.4 Å². The van der Waals surface area contributed by atoms with Gasteiger partial charge in [0, 0.05) is 50.6 Å². The number of H-pyrrole nitrogens is 1. The lowest BCUT2D eigenvalue weighted by molar-refractivity contribution is -0.605. The summed E-state index contributed by atoms with van der Waals surface area (Å²) >= 11 is 0. The van der Waals surface area contributed by atoms with Crippen molar-refractivity contribution in [3.63, 3.8) is 0 Å². The second-order valence-electron chi connectivity index (χ2n) is 5.99. The Morgan fingerprint density at radius 3 is 2.76 bits per heavy atom. The van der Waals surface area contributed by atoms with E-state index >= 15 is 0 Å². The first-order chi connectivity index (χ1) is 12.2. The number of nitrogens with one attached hydrogen (secondary N) is 1. The van der Waals surface area contributed by atoms with Crippen molar-refractivity contribution in [3.05, 3.63) is 75.6 Å². The second-order valence-corrected chi connectivity index (χ2v) is 5.99. The van der Waals surface area contributed by atoms with Crippen LogP contribution in [0.1, 0.15) is 16.8 Å². The van der Waals surface area contributed by atoms with Crippen LogP contribution in [0, 0.1) is 5.21 Å². The van der Waals surface area contributed by atoms with Crippen molar-refractivity contribution in [1.29, 1.82) is 0 Å². The van der Waals surface area contributed by atoms with Crippen molar-refractivity contribution >= 4 is 0 Å². The van der Waals surface area contributed by atoms with Gasteiger partial charge in [-0.15, -0.1) is 0 Å². The molecule has 0 radical (unpaired) electrons. The molecule has 0 spiro atoms. The van der Waals surface area contributed by atoms with Crippen LogP contribution in [0.3, 0.4) is 0 Å². The molecule has 0 fully saturated rings. The Hall–Kier alpha value is -3.13. The highest BCUT2D eigenvalue weighted by Crippen LogP contribution is 2.18. The molecule has 0 aromatic carbocycles. The van der Waals surface area contributed by atoms with E-state index in [9.17, 15) is 10.0 Å². The van der Waals surface area contributed by atoms with Crippen LogP contribution in [0.2, 0.25) is 0 Å². The monoisotopic (exact) mass is 336 g/mol. The highest BCUT2D eigenvalue weighted by molar-refractivity contribution is 5.52. The molecule has 3 aromatic heterocycles. The van der Waals surface area contributed by atoms with Crippen molar-refractivity contribution in [3.8, 4) is 11.4 Å². The lowest BCUT2D eigenvalue weighted by atomic mass is 10.1. The van der Waals surface area contributed by atoms with Crippen LogP contribution in [0.5, 0.6) is 0 Å². The van der Waals surface area contributed by atoms with Crippen LogP contribution in [0.25, 0.3) is 11.4 Å². The number of hydrogen-bond acceptors (Lipinski definition) is 6. The minimum atomic E-state index is -0.126. The van der Waals surface area contributed by atoms with Crippen molar-refractivity contribution in [2.24, 2.45) is 0 Å². The normalized spacial score (nSPS) is 14.2. The predicted molar refractivity (Wildman–Crippen MR) is 89.1 cm³/mol. The average molecular weight is 336 g/mol. The Kier molecular flexibility index (Phi) is 3.95. The highest BCUT2D eigenvalue weighted by Gasteiger charge is 2.21. The molecule has 0 atom stereocenters. The molecule has 25 heavy (non-hydrogen) atoms. The molecule has 1 aliphatic heterocycles. The summed E-state index contributed by atoms with van der Waals surface area (Å²) in [7, 11) is 0. The molecule has 1 aliphatic rings. The van der Waals surface area contributed by atoms with Crippen molar-refractivity contribution in [2.45, 2.75) is 19.5 Å². The SMILES string of the molecule is O=c1[nH]c(-c2cncnc2)nc2c1CN(Cc1cc[n+]([O-])cc1)CC2. The van der Waals surface area contributed by atoms with Crippen molar-refractivity contribution in [1.82, 2.24) is 24.8 Å². The summed E-state index contributed by atoms with van der Waals surface area (Å²) < 4.78 is 0.762. The van der Waals surface area contributed by atoms with Gasteiger partial charge < -0.3 is 10.2 Å². The first-order valence-electron chi connectivity index (χ1n) is 7.96. The Labute approximate surface area is 143 Å². The summed E-state index contributed by atoms with van der Waals surface area (Å²) in [5.74, 6) is 0.501. The summed E-state index contributed by atoms with van der Waals surface area (Å²) in [6, 6.07) is 3.59. The van der Waals surface area contributed by atoms with E-state index in [0.717, 1.165) is 22.5 Å². The van der Waals surface area contributed by atoms with Gasteiger partial charge in [0.25, 0.3) is 5.56 Å². The zero-order chi connectivity index (χ0) is 17.2. The summed E-state index contributed by atoms with van der Waals surface area (Å²) in [6.07, 6.45) is 8.37. The van der Waals surface area contributed by atoms with E-state index in [0.29, 0.717) is 36.5 Å². The Bertz CT molecular complexity index is 940. The minimum absolute atomic E-state index is 0.126. The first kappa shape index (κ1) is 15.4. The van der Waals surface area contributed by atoms with Gasteiger partial charge in [0.1, 0.15) is 12.2 Å². The summed E-state index contributed by atoms with van der Waals surface area (Å²) in [5, 5.41) is 11.1. The molecule has 1 N–H and O–H groups in total. The first-order valence-corrected chi connectivity index (χ1v) is 7.96. The lowest BCUT2D eigenvalue weighted by Gasteiger charge is -2.27. The number of fused-ring (bicyclic) bond motifs is 1.